The number of cyclic esters (lactones) is 1. The summed E-state index contributed by atoms with van der Waals surface area (Å²) >= 11 is 0. The lowest BCUT2D eigenvalue weighted by Gasteiger charge is -2.34. The highest BCUT2D eigenvalue weighted by molar-refractivity contribution is 6.07. The molecule has 4 atom stereocenters. The lowest BCUT2D eigenvalue weighted by Crippen LogP contribution is -2.46. The van der Waals surface area contributed by atoms with Gasteiger partial charge in [0.15, 0.2) is 5.60 Å². The van der Waals surface area contributed by atoms with Crippen molar-refractivity contribution in [3.63, 3.8) is 0 Å². The summed E-state index contributed by atoms with van der Waals surface area (Å²) in [4.78, 5) is 29.3. The summed E-state index contributed by atoms with van der Waals surface area (Å²) in [6.07, 6.45) is -0.461. The molecule has 5 rings (SSSR count). The van der Waals surface area contributed by atoms with Gasteiger partial charge in [-0.05, 0) is 44.0 Å². The molecule has 0 aromatic heterocycles. The fourth-order valence-electron chi connectivity index (χ4n) is 6.18. The molecule has 3 aliphatic heterocycles. The van der Waals surface area contributed by atoms with E-state index in [0.717, 1.165) is 22.5 Å². The molecule has 0 bridgehead atoms. The summed E-state index contributed by atoms with van der Waals surface area (Å²) in [7, 11) is 0. The number of carbonyl (C=O) groups excluding carboxylic acids is 2. The van der Waals surface area contributed by atoms with Crippen LogP contribution in [0, 0.1) is 11.8 Å². The zero-order valence-electron chi connectivity index (χ0n) is 20.3. The van der Waals surface area contributed by atoms with E-state index in [1.807, 2.05) is 55.5 Å². The van der Waals surface area contributed by atoms with Gasteiger partial charge in [0, 0.05) is 29.7 Å². The van der Waals surface area contributed by atoms with Crippen molar-refractivity contribution < 1.29 is 29.3 Å². The van der Waals surface area contributed by atoms with E-state index < -0.39 is 17.3 Å². The number of hydrogen-bond donors (Lipinski definition) is 2. The standard InChI is InChI=1S/C27H32N2O6/c1-17-23(26(2,3)33)22(12-14-30)35-27(17)20-6-4-5-7-21(20)29(24(27)31)16-18-8-10-19(11-9-18)28-13-15-34-25(28)32/h4-11,17,22-23,30,33H,12-16H2,1-3H3/t17-,22+,23-,27+/m0/s1. The minimum absolute atomic E-state index is 0.0868. The molecular formula is C27H32N2O6. The van der Waals surface area contributed by atoms with Gasteiger partial charge in [0.2, 0.25) is 0 Å². The van der Waals surface area contributed by atoms with Crippen LogP contribution in [0.3, 0.4) is 0 Å². The minimum Gasteiger partial charge on any atom is -0.447 e. The molecule has 2 aromatic carbocycles. The maximum absolute atomic E-state index is 14.1. The molecule has 0 radical (unpaired) electrons. The van der Waals surface area contributed by atoms with Crippen molar-refractivity contribution in [1.29, 1.82) is 0 Å². The van der Waals surface area contributed by atoms with Gasteiger partial charge in [-0.25, -0.2) is 4.79 Å². The smallest absolute Gasteiger partial charge is 0.414 e. The number of amides is 2. The van der Waals surface area contributed by atoms with E-state index in [-0.39, 0.29) is 30.4 Å². The summed E-state index contributed by atoms with van der Waals surface area (Å²) in [5.74, 6) is -0.791. The van der Waals surface area contributed by atoms with Crippen LogP contribution in [0.1, 0.15) is 38.3 Å². The van der Waals surface area contributed by atoms with E-state index in [1.54, 1.807) is 23.6 Å². The molecule has 8 nitrogen and oxygen atoms in total. The van der Waals surface area contributed by atoms with Gasteiger partial charge in [-0.3, -0.25) is 9.69 Å². The summed E-state index contributed by atoms with van der Waals surface area (Å²) in [6.45, 7) is 6.59. The van der Waals surface area contributed by atoms with Gasteiger partial charge >= 0.3 is 6.09 Å². The average Bonchev–Trinajstić information content (AvgIpc) is 3.45. The predicted octanol–water partition coefficient (Wildman–Crippen LogP) is 3.19. The quantitative estimate of drug-likeness (QED) is 0.659. The Balaban J connectivity index is 1.48. The number of rotatable bonds is 6. The van der Waals surface area contributed by atoms with Crippen molar-refractivity contribution in [3.8, 4) is 0 Å². The van der Waals surface area contributed by atoms with Crippen molar-refractivity contribution >= 4 is 23.4 Å². The van der Waals surface area contributed by atoms with Crippen molar-refractivity contribution in [2.24, 2.45) is 11.8 Å². The van der Waals surface area contributed by atoms with Gasteiger partial charge in [0.05, 0.1) is 30.5 Å². The summed E-state index contributed by atoms with van der Waals surface area (Å²) < 4.78 is 11.6. The van der Waals surface area contributed by atoms with Crippen molar-refractivity contribution in [2.75, 3.05) is 29.6 Å². The molecule has 2 N–H and O–H groups in total. The Morgan fingerprint density at radius 2 is 1.83 bits per heavy atom. The fourth-order valence-corrected chi connectivity index (χ4v) is 6.18. The highest BCUT2D eigenvalue weighted by Crippen LogP contribution is 2.57. The molecule has 0 unspecified atom stereocenters. The molecule has 8 heteroatoms. The van der Waals surface area contributed by atoms with E-state index in [1.165, 1.54) is 0 Å². The average molecular weight is 481 g/mol. The Kier molecular flexibility index (Phi) is 5.86. The monoisotopic (exact) mass is 480 g/mol. The second kappa shape index (κ2) is 8.62. The molecule has 3 aliphatic rings. The van der Waals surface area contributed by atoms with Crippen LogP contribution in [0.2, 0.25) is 0 Å². The van der Waals surface area contributed by atoms with Crippen LogP contribution in [-0.2, 0) is 26.4 Å². The first kappa shape index (κ1) is 23.8. The highest BCUT2D eigenvalue weighted by atomic mass is 16.6. The maximum atomic E-state index is 14.1. The van der Waals surface area contributed by atoms with Gasteiger partial charge in [-0.1, -0.05) is 37.3 Å². The van der Waals surface area contributed by atoms with Crippen molar-refractivity contribution in [1.82, 2.24) is 0 Å². The number of para-hydroxylation sites is 1. The van der Waals surface area contributed by atoms with Crippen LogP contribution in [-0.4, -0.2) is 53.7 Å². The Bertz CT molecular complexity index is 1130. The molecule has 3 heterocycles. The number of ether oxygens (including phenoxy) is 2. The second-order valence-electron chi connectivity index (χ2n) is 10.2. The SMILES string of the molecule is C[C@H]1[C@H](C(C)(C)O)[C@@H](CCO)O[C@]12C(=O)N(Cc1ccc(N3CCOC3=O)cc1)c1ccccc12. The molecule has 2 fully saturated rings. The molecule has 2 aromatic rings. The molecule has 35 heavy (non-hydrogen) atoms. The lowest BCUT2D eigenvalue weighted by molar-refractivity contribution is -0.146. The predicted molar refractivity (Wildman–Crippen MR) is 130 cm³/mol. The molecular weight excluding hydrogens is 448 g/mol. The third-order valence-electron chi connectivity index (χ3n) is 7.65. The Labute approximate surface area is 205 Å². The first-order valence-corrected chi connectivity index (χ1v) is 12.1. The Morgan fingerprint density at radius 3 is 2.46 bits per heavy atom. The van der Waals surface area contributed by atoms with Crippen molar-refractivity contribution in [2.45, 2.75) is 51.0 Å². The molecule has 186 valence electrons. The topological polar surface area (TPSA) is 99.5 Å². The van der Waals surface area contributed by atoms with Crippen LogP contribution < -0.4 is 9.80 Å². The Morgan fingerprint density at radius 1 is 1.11 bits per heavy atom. The normalized spacial score (nSPS) is 28.2. The van der Waals surface area contributed by atoms with Crippen LogP contribution in [0.15, 0.2) is 48.5 Å². The largest absolute Gasteiger partial charge is 0.447 e. The molecule has 1 spiro atoms. The third kappa shape index (κ3) is 3.71. The van der Waals surface area contributed by atoms with Crippen LogP contribution in [0.4, 0.5) is 16.2 Å². The van der Waals surface area contributed by atoms with Gasteiger partial charge in [0.25, 0.3) is 5.91 Å². The number of hydrogen-bond acceptors (Lipinski definition) is 6. The molecule has 0 aliphatic carbocycles. The van der Waals surface area contributed by atoms with Gasteiger partial charge in [-0.15, -0.1) is 0 Å². The number of aliphatic hydroxyl groups excluding tert-OH is 1. The van der Waals surface area contributed by atoms with E-state index in [4.69, 9.17) is 9.47 Å². The van der Waals surface area contributed by atoms with E-state index in [2.05, 4.69) is 0 Å². The zero-order valence-corrected chi connectivity index (χ0v) is 20.3. The van der Waals surface area contributed by atoms with Crippen LogP contribution >= 0.6 is 0 Å². The number of anilines is 2. The maximum Gasteiger partial charge on any atom is 0.414 e. The van der Waals surface area contributed by atoms with Crippen molar-refractivity contribution in [3.05, 3.63) is 59.7 Å². The second-order valence-corrected chi connectivity index (χ2v) is 10.2. The summed E-state index contributed by atoms with van der Waals surface area (Å²) in [5.41, 5.74) is 0.948. The molecule has 0 saturated carbocycles. The van der Waals surface area contributed by atoms with Crippen LogP contribution in [0.25, 0.3) is 0 Å². The van der Waals surface area contributed by atoms with Gasteiger partial charge < -0.3 is 24.6 Å². The first-order chi connectivity index (χ1) is 16.7. The van der Waals surface area contributed by atoms with E-state index >= 15 is 0 Å². The third-order valence-corrected chi connectivity index (χ3v) is 7.65. The molecule has 2 amide bonds. The molecule has 2 saturated heterocycles. The van der Waals surface area contributed by atoms with Gasteiger partial charge in [-0.2, -0.15) is 0 Å². The van der Waals surface area contributed by atoms with Gasteiger partial charge in [0.1, 0.15) is 6.61 Å². The van der Waals surface area contributed by atoms with Crippen LogP contribution in [0.5, 0.6) is 0 Å². The number of aliphatic hydroxyl groups is 2. The Hall–Kier alpha value is -2.94. The first-order valence-electron chi connectivity index (χ1n) is 12.1. The number of fused-ring (bicyclic) bond motifs is 2. The number of nitrogens with zero attached hydrogens (tertiary/aromatic N) is 2. The van der Waals surface area contributed by atoms with E-state index in [9.17, 15) is 19.8 Å². The van der Waals surface area contributed by atoms with E-state index in [0.29, 0.717) is 26.1 Å². The fraction of sp³-hybridized carbons (Fsp3) is 0.481. The minimum atomic E-state index is -1.22. The summed E-state index contributed by atoms with van der Waals surface area (Å²) in [5, 5.41) is 20.6. The number of carbonyl (C=O) groups is 2. The highest BCUT2D eigenvalue weighted by Gasteiger charge is 2.65. The lowest BCUT2D eigenvalue weighted by atomic mass is 9.71. The zero-order chi connectivity index (χ0) is 25.0. The number of benzene rings is 2. The summed E-state index contributed by atoms with van der Waals surface area (Å²) in [6, 6.07) is 15.2.